The van der Waals surface area contributed by atoms with E-state index in [-0.39, 0.29) is 18.9 Å². The molecule has 0 bridgehead atoms. The number of carboxylic acids is 1. The van der Waals surface area contributed by atoms with Gasteiger partial charge in [0.15, 0.2) is 11.5 Å². The van der Waals surface area contributed by atoms with Gasteiger partial charge in [0.2, 0.25) is 6.23 Å². The molecule has 3 rings (SSSR count). The summed E-state index contributed by atoms with van der Waals surface area (Å²) in [5.74, 6) is -1.13. The summed E-state index contributed by atoms with van der Waals surface area (Å²) in [4.78, 5) is 34.8. The molecule has 1 atom stereocenters. The van der Waals surface area contributed by atoms with Gasteiger partial charge in [-0.05, 0) is 36.4 Å². The lowest BCUT2D eigenvalue weighted by Gasteiger charge is -2.15. The van der Waals surface area contributed by atoms with Crippen molar-refractivity contribution in [2.75, 3.05) is 26.1 Å². The molecule has 0 aliphatic carbocycles. The molecule has 1 heterocycles. The second-order valence-corrected chi connectivity index (χ2v) is 6.17. The number of cyclic esters (lactones) is 1. The highest BCUT2D eigenvalue weighted by Crippen LogP contribution is 2.42. The van der Waals surface area contributed by atoms with Gasteiger partial charge in [0.05, 0.1) is 20.6 Å². The Bertz CT molecular complexity index is 941. The molecular weight excluding hydrogens is 380 g/mol. The van der Waals surface area contributed by atoms with Crippen molar-refractivity contribution in [1.29, 1.82) is 0 Å². The number of carbonyl (C=O) groups excluding carboxylic acids is 2. The minimum atomic E-state index is -0.981. The fraction of sp³-hybridized carbons (Fsp3) is 0.250. The SMILES string of the molecule is COc1ccc2c(c1OC)C(=O)O[C@@H]2Nc1ccc(C(=O)NCCC(=O)O)cc1. The second kappa shape index (κ2) is 8.51. The maximum atomic E-state index is 12.3. The van der Waals surface area contributed by atoms with Gasteiger partial charge in [0.25, 0.3) is 5.91 Å². The Hall–Kier alpha value is -3.75. The lowest BCUT2D eigenvalue weighted by Crippen LogP contribution is -2.25. The monoisotopic (exact) mass is 400 g/mol. The van der Waals surface area contributed by atoms with Crippen molar-refractivity contribution in [3.63, 3.8) is 0 Å². The van der Waals surface area contributed by atoms with Crippen LogP contribution in [-0.2, 0) is 9.53 Å². The van der Waals surface area contributed by atoms with Crippen LogP contribution in [-0.4, -0.2) is 43.7 Å². The predicted molar refractivity (Wildman–Crippen MR) is 102 cm³/mol. The maximum Gasteiger partial charge on any atom is 0.344 e. The molecule has 0 unspecified atom stereocenters. The number of benzene rings is 2. The third kappa shape index (κ3) is 4.23. The molecule has 0 fully saturated rings. The molecule has 2 aromatic rings. The molecule has 0 saturated heterocycles. The number of nitrogens with one attached hydrogen (secondary N) is 2. The standard InChI is InChI=1S/C20H20N2O7/c1-27-14-8-7-13-16(17(14)28-2)20(26)29-19(13)22-12-5-3-11(4-6-12)18(25)21-10-9-15(23)24/h3-8,19,22H,9-10H2,1-2H3,(H,21,25)(H,23,24)/t19-/m0/s1. The molecule has 3 N–H and O–H groups in total. The first kappa shape index (κ1) is 20.0. The molecule has 0 spiro atoms. The van der Waals surface area contributed by atoms with Gasteiger partial charge in [0, 0.05) is 23.4 Å². The number of aliphatic carboxylic acids is 1. The van der Waals surface area contributed by atoms with Crippen LogP contribution in [0.25, 0.3) is 0 Å². The highest BCUT2D eigenvalue weighted by molar-refractivity contribution is 5.98. The number of carboxylic acid groups (broad SMARTS) is 1. The highest BCUT2D eigenvalue weighted by Gasteiger charge is 2.35. The van der Waals surface area contributed by atoms with E-state index >= 15 is 0 Å². The summed E-state index contributed by atoms with van der Waals surface area (Å²) >= 11 is 0. The average molecular weight is 400 g/mol. The number of amides is 1. The van der Waals surface area contributed by atoms with E-state index in [4.69, 9.17) is 19.3 Å². The Labute approximate surface area is 166 Å². The van der Waals surface area contributed by atoms with Gasteiger partial charge in [-0.25, -0.2) is 4.79 Å². The van der Waals surface area contributed by atoms with Crippen LogP contribution in [0.2, 0.25) is 0 Å². The molecule has 1 amide bonds. The van der Waals surface area contributed by atoms with Crippen LogP contribution < -0.4 is 20.1 Å². The number of esters is 1. The number of hydrogen-bond acceptors (Lipinski definition) is 7. The van der Waals surface area contributed by atoms with E-state index in [1.165, 1.54) is 14.2 Å². The molecule has 2 aromatic carbocycles. The summed E-state index contributed by atoms with van der Waals surface area (Å²) in [5.41, 5.74) is 1.94. The van der Waals surface area contributed by atoms with E-state index in [0.717, 1.165) is 0 Å². The number of carbonyl (C=O) groups is 3. The third-order valence-corrected chi connectivity index (χ3v) is 4.36. The fourth-order valence-electron chi connectivity index (χ4n) is 2.96. The first-order valence-corrected chi connectivity index (χ1v) is 8.77. The number of fused-ring (bicyclic) bond motifs is 1. The van der Waals surface area contributed by atoms with Crippen molar-refractivity contribution < 1.29 is 33.7 Å². The van der Waals surface area contributed by atoms with Gasteiger partial charge in [-0.2, -0.15) is 0 Å². The van der Waals surface area contributed by atoms with Crippen molar-refractivity contribution >= 4 is 23.5 Å². The highest BCUT2D eigenvalue weighted by atomic mass is 16.6. The van der Waals surface area contributed by atoms with E-state index in [9.17, 15) is 14.4 Å². The summed E-state index contributed by atoms with van der Waals surface area (Å²) in [5, 5.41) is 14.2. The number of hydrogen-bond donors (Lipinski definition) is 3. The summed E-state index contributed by atoms with van der Waals surface area (Å²) in [6.07, 6.45) is -0.862. The van der Waals surface area contributed by atoms with Crippen molar-refractivity contribution in [3.8, 4) is 11.5 Å². The second-order valence-electron chi connectivity index (χ2n) is 6.17. The molecule has 9 nitrogen and oxygen atoms in total. The molecule has 0 saturated carbocycles. The number of ether oxygens (including phenoxy) is 3. The largest absolute Gasteiger partial charge is 0.493 e. The first-order valence-electron chi connectivity index (χ1n) is 8.77. The van der Waals surface area contributed by atoms with Crippen LogP contribution in [0, 0.1) is 0 Å². The van der Waals surface area contributed by atoms with Crippen molar-refractivity contribution in [1.82, 2.24) is 5.32 Å². The molecule has 9 heteroatoms. The zero-order chi connectivity index (χ0) is 21.0. The summed E-state index contributed by atoms with van der Waals surface area (Å²) in [6.45, 7) is 0.0499. The molecule has 0 radical (unpaired) electrons. The van der Waals surface area contributed by atoms with Gasteiger partial charge in [0.1, 0.15) is 5.56 Å². The maximum absolute atomic E-state index is 12.3. The zero-order valence-electron chi connectivity index (χ0n) is 15.9. The van der Waals surface area contributed by atoms with Crippen LogP contribution in [0.5, 0.6) is 11.5 Å². The zero-order valence-corrected chi connectivity index (χ0v) is 15.9. The first-order chi connectivity index (χ1) is 13.9. The number of methoxy groups -OCH3 is 2. The summed E-state index contributed by atoms with van der Waals surface area (Å²) in [6, 6.07) is 9.93. The Morgan fingerprint density at radius 2 is 1.83 bits per heavy atom. The van der Waals surface area contributed by atoms with Gasteiger partial charge in [-0.1, -0.05) is 0 Å². The predicted octanol–water partition coefficient (Wildman–Crippen LogP) is 2.19. The van der Waals surface area contributed by atoms with E-state index in [2.05, 4.69) is 10.6 Å². The van der Waals surface area contributed by atoms with Gasteiger partial charge in [-0.3, -0.25) is 9.59 Å². The van der Waals surface area contributed by atoms with Crippen LogP contribution in [0.4, 0.5) is 5.69 Å². The quantitative estimate of drug-likeness (QED) is 0.576. The molecule has 1 aliphatic heterocycles. The fourth-order valence-corrected chi connectivity index (χ4v) is 2.96. The van der Waals surface area contributed by atoms with Gasteiger partial charge < -0.3 is 30.0 Å². The Morgan fingerprint density at radius 1 is 1.10 bits per heavy atom. The summed E-state index contributed by atoms with van der Waals surface area (Å²) < 4.78 is 15.9. The van der Waals surface area contributed by atoms with E-state index in [0.29, 0.717) is 33.9 Å². The molecular formula is C20H20N2O7. The van der Waals surface area contributed by atoms with E-state index in [1.807, 2.05) is 0 Å². The van der Waals surface area contributed by atoms with Crippen molar-refractivity contribution in [2.45, 2.75) is 12.6 Å². The van der Waals surface area contributed by atoms with Gasteiger partial charge >= 0.3 is 11.9 Å². The lowest BCUT2D eigenvalue weighted by atomic mass is 10.1. The van der Waals surface area contributed by atoms with Gasteiger partial charge in [-0.15, -0.1) is 0 Å². The van der Waals surface area contributed by atoms with E-state index in [1.54, 1.807) is 36.4 Å². The van der Waals surface area contributed by atoms with Crippen molar-refractivity contribution in [2.24, 2.45) is 0 Å². The molecule has 0 aromatic heterocycles. The topological polar surface area (TPSA) is 123 Å². The number of rotatable bonds is 8. The van der Waals surface area contributed by atoms with Crippen LogP contribution in [0.1, 0.15) is 38.9 Å². The summed E-state index contributed by atoms with van der Waals surface area (Å²) in [7, 11) is 2.94. The minimum absolute atomic E-state index is 0.0499. The number of anilines is 1. The third-order valence-electron chi connectivity index (χ3n) is 4.36. The molecule has 1 aliphatic rings. The van der Waals surface area contributed by atoms with Crippen LogP contribution in [0.3, 0.4) is 0 Å². The molecule has 152 valence electrons. The van der Waals surface area contributed by atoms with Crippen LogP contribution in [0.15, 0.2) is 36.4 Å². The molecule has 29 heavy (non-hydrogen) atoms. The minimum Gasteiger partial charge on any atom is -0.493 e. The Morgan fingerprint density at radius 3 is 2.45 bits per heavy atom. The Kier molecular flexibility index (Phi) is 5.87. The Balaban J connectivity index is 1.72. The van der Waals surface area contributed by atoms with Crippen molar-refractivity contribution in [3.05, 3.63) is 53.1 Å². The lowest BCUT2D eigenvalue weighted by molar-refractivity contribution is -0.136. The van der Waals surface area contributed by atoms with E-state index < -0.39 is 18.2 Å². The smallest absolute Gasteiger partial charge is 0.344 e. The normalized spacial score (nSPS) is 14.6. The average Bonchev–Trinajstić information content (AvgIpc) is 3.02. The van der Waals surface area contributed by atoms with Crippen LogP contribution >= 0.6 is 0 Å².